The Morgan fingerprint density at radius 2 is 2.16 bits per heavy atom. The van der Waals surface area contributed by atoms with Crippen LogP contribution in [0.15, 0.2) is 30.3 Å². The molecule has 1 saturated heterocycles. The Morgan fingerprint density at radius 3 is 2.89 bits per heavy atom. The molecule has 0 aromatic heterocycles. The summed E-state index contributed by atoms with van der Waals surface area (Å²) in [5.41, 5.74) is 1.01. The van der Waals surface area contributed by atoms with Crippen LogP contribution in [-0.2, 0) is 9.53 Å². The van der Waals surface area contributed by atoms with E-state index in [1.807, 2.05) is 30.3 Å². The predicted octanol–water partition coefficient (Wildman–Crippen LogP) is 2.07. The number of esters is 1. The SMILES string of the molecule is COC(=O)C1CCCCN1CC#Cc1ccccc1. The van der Waals surface area contributed by atoms with E-state index in [1.54, 1.807) is 0 Å². The minimum atomic E-state index is -0.138. The molecule has 0 radical (unpaired) electrons. The van der Waals surface area contributed by atoms with Crippen LogP contribution in [0, 0.1) is 11.8 Å². The Balaban J connectivity index is 1.97. The summed E-state index contributed by atoms with van der Waals surface area (Å²) in [6, 6.07) is 9.78. The molecule has 0 saturated carbocycles. The van der Waals surface area contributed by atoms with E-state index < -0.39 is 0 Å². The van der Waals surface area contributed by atoms with Crippen LogP contribution in [0.2, 0.25) is 0 Å². The molecule has 2 rings (SSSR count). The third-order valence-electron chi connectivity index (χ3n) is 3.38. The Labute approximate surface area is 114 Å². The fourth-order valence-electron chi connectivity index (χ4n) is 2.35. The zero-order valence-electron chi connectivity index (χ0n) is 11.3. The van der Waals surface area contributed by atoms with Gasteiger partial charge < -0.3 is 4.74 Å². The van der Waals surface area contributed by atoms with Crippen molar-refractivity contribution < 1.29 is 9.53 Å². The molecule has 1 heterocycles. The predicted molar refractivity (Wildman–Crippen MR) is 74.5 cm³/mol. The van der Waals surface area contributed by atoms with Crippen molar-refractivity contribution in [3.63, 3.8) is 0 Å². The zero-order chi connectivity index (χ0) is 13.5. The molecule has 1 aromatic carbocycles. The number of ether oxygens (including phenoxy) is 1. The molecule has 1 atom stereocenters. The fourth-order valence-corrected chi connectivity index (χ4v) is 2.35. The molecule has 3 heteroatoms. The summed E-state index contributed by atoms with van der Waals surface area (Å²) in [5.74, 6) is 6.14. The van der Waals surface area contributed by atoms with Crippen LogP contribution in [0.1, 0.15) is 24.8 Å². The number of rotatable bonds is 2. The molecule has 0 bridgehead atoms. The van der Waals surface area contributed by atoms with E-state index in [2.05, 4.69) is 16.7 Å². The maximum absolute atomic E-state index is 11.7. The Morgan fingerprint density at radius 1 is 1.37 bits per heavy atom. The number of carbonyl (C=O) groups excluding carboxylic acids is 1. The van der Waals surface area contributed by atoms with Crippen molar-refractivity contribution in [1.82, 2.24) is 4.90 Å². The van der Waals surface area contributed by atoms with E-state index in [0.717, 1.165) is 31.4 Å². The van der Waals surface area contributed by atoms with Crippen molar-refractivity contribution in [2.75, 3.05) is 20.2 Å². The summed E-state index contributed by atoms with van der Waals surface area (Å²) in [6.45, 7) is 1.54. The first-order valence-corrected chi connectivity index (χ1v) is 6.67. The molecule has 0 N–H and O–H groups in total. The number of methoxy groups -OCH3 is 1. The molecule has 0 aliphatic carbocycles. The van der Waals surface area contributed by atoms with Crippen LogP contribution in [0.25, 0.3) is 0 Å². The summed E-state index contributed by atoms with van der Waals surface area (Å²) in [4.78, 5) is 13.8. The standard InChI is InChI=1S/C16H19NO2/c1-19-16(18)15-11-5-6-12-17(15)13-7-10-14-8-3-2-4-9-14/h2-4,8-9,15H,5-6,11-13H2,1H3. The average Bonchev–Trinajstić information content (AvgIpc) is 2.48. The highest BCUT2D eigenvalue weighted by Crippen LogP contribution is 2.17. The molecule has 1 unspecified atom stereocenters. The molecule has 100 valence electrons. The topological polar surface area (TPSA) is 29.5 Å². The number of hydrogen-bond acceptors (Lipinski definition) is 3. The zero-order valence-corrected chi connectivity index (χ0v) is 11.3. The minimum Gasteiger partial charge on any atom is -0.468 e. The van der Waals surface area contributed by atoms with Gasteiger partial charge in [-0.2, -0.15) is 0 Å². The van der Waals surface area contributed by atoms with Crippen LogP contribution < -0.4 is 0 Å². The van der Waals surface area contributed by atoms with Gasteiger partial charge in [0.2, 0.25) is 0 Å². The monoisotopic (exact) mass is 257 g/mol. The van der Waals surface area contributed by atoms with Crippen molar-refractivity contribution >= 4 is 5.97 Å². The van der Waals surface area contributed by atoms with Gasteiger partial charge in [0.05, 0.1) is 13.7 Å². The van der Waals surface area contributed by atoms with Gasteiger partial charge in [0.1, 0.15) is 6.04 Å². The average molecular weight is 257 g/mol. The summed E-state index contributed by atoms with van der Waals surface area (Å²) >= 11 is 0. The van der Waals surface area contributed by atoms with Crippen molar-refractivity contribution in [3.05, 3.63) is 35.9 Å². The first-order chi connectivity index (χ1) is 9.31. The van der Waals surface area contributed by atoms with Gasteiger partial charge in [-0.1, -0.05) is 36.5 Å². The van der Waals surface area contributed by atoms with Crippen LogP contribution in [0.3, 0.4) is 0 Å². The highest BCUT2D eigenvalue weighted by atomic mass is 16.5. The number of likely N-dealkylation sites (tertiary alicyclic amines) is 1. The molecule has 1 fully saturated rings. The number of piperidine rings is 1. The Kier molecular flexibility index (Phi) is 5.00. The molecule has 3 nitrogen and oxygen atoms in total. The molecule has 1 aliphatic heterocycles. The second kappa shape index (κ2) is 6.96. The third-order valence-corrected chi connectivity index (χ3v) is 3.38. The summed E-state index contributed by atoms with van der Waals surface area (Å²) in [5, 5.41) is 0. The lowest BCUT2D eigenvalue weighted by Crippen LogP contribution is -2.45. The van der Waals surface area contributed by atoms with Gasteiger partial charge in [-0.05, 0) is 31.5 Å². The van der Waals surface area contributed by atoms with Crippen molar-refractivity contribution in [1.29, 1.82) is 0 Å². The molecule has 0 amide bonds. The minimum absolute atomic E-state index is 0.121. The second-order valence-corrected chi connectivity index (χ2v) is 4.67. The Bertz CT molecular complexity index is 473. The Hall–Kier alpha value is -1.79. The van der Waals surface area contributed by atoms with E-state index in [4.69, 9.17) is 4.74 Å². The van der Waals surface area contributed by atoms with E-state index in [9.17, 15) is 4.79 Å². The number of benzene rings is 1. The van der Waals surface area contributed by atoms with E-state index in [1.165, 1.54) is 7.11 Å². The van der Waals surface area contributed by atoms with Crippen LogP contribution in [-0.4, -0.2) is 37.1 Å². The number of hydrogen-bond donors (Lipinski definition) is 0. The van der Waals surface area contributed by atoms with Gasteiger partial charge >= 0.3 is 5.97 Å². The van der Waals surface area contributed by atoms with E-state index >= 15 is 0 Å². The van der Waals surface area contributed by atoms with Crippen molar-refractivity contribution in [3.8, 4) is 11.8 Å². The lowest BCUT2D eigenvalue weighted by Gasteiger charge is -2.31. The number of nitrogens with zero attached hydrogens (tertiary/aromatic N) is 1. The molecular formula is C16H19NO2. The highest BCUT2D eigenvalue weighted by Gasteiger charge is 2.28. The van der Waals surface area contributed by atoms with E-state index in [-0.39, 0.29) is 12.0 Å². The van der Waals surface area contributed by atoms with Gasteiger partial charge in [0.25, 0.3) is 0 Å². The van der Waals surface area contributed by atoms with Crippen LogP contribution in [0.4, 0.5) is 0 Å². The largest absolute Gasteiger partial charge is 0.468 e. The molecule has 1 aromatic rings. The van der Waals surface area contributed by atoms with E-state index in [0.29, 0.717) is 6.54 Å². The van der Waals surface area contributed by atoms with Gasteiger partial charge in [-0.15, -0.1) is 0 Å². The summed E-state index contributed by atoms with van der Waals surface area (Å²) < 4.78 is 4.86. The third kappa shape index (κ3) is 3.84. The quantitative estimate of drug-likeness (QED) is 0.600. The van der Waals surface area contributed by atoms with Crippen LogP contribution >= 0.6 is 0 Å². The second-order valence-electron chi connectivity index (χ2n) is 4.67. The smallest absolute Gasteiger partial charge is 0.323 e. The van der Waals surface area contributed by atoms with Gasteiger partial charge in [-0.25, -0.2) is 0 Å². The normalized spacial score (nSPS) is 19.3. The molecule has 0 spiro atoms. The maximum Gasteiger partial charge on any atom is 0.323 e. The lowest BCUT2D eigenvalue weighted by molar-refractivity contribution is -0.147. The summed E-state index contributed by atoms with van der Waals surface area (Å²) in [6.07, 6.45) is 3.09. The van der Waals surface area contributed by atoms with Gasteiger partial charge in [0.15, 0.2) is 0 Å². The van der Waals surface area contributed by atoms with Crippen molar-refractivity contribution in [2.24, 2.45) is 0 Å². The van der Waals surface area contributed by atoms with Gasteiger partial charge in [-0.3, -0.25) is 9.69 Å². The molecule has 1 aliphatic rings. The number of carbonyl (C=O) groups is 1. The van der Waals surface area contributed by atoms with Crippen LogP contribution in [0.5, 0.6) is 0 Å². The highest BCUT2D eigenvalue weighted by molar-refractivity contribution is 5.75. The maximum atomic E-state index is 11.7. The first kappa shape index (κ1) is 13.6. The molecule has 19 heavy (non-hydrogen) atoms. The van der Waals surface area contributed by atoms with Crippen molar-refractivity contribution in [2.45, 2.75) is 25.3 Å². The first-order valence-electron chi connectivity index (χ1n) is 6.67. The fraction of sp³-hybridized carbons (Fsp3) is 0.438. The molecular weight excluding hydrogens is 238 g/mol. The van der Waals surface area contributed by atoms with Gasteiger partial charge in [0, 0.05) is 5.56 Å². The summed E-state index contributed by atoms with van der Waals surface area (Å²) in [7, 11) is 1.45. The lowest BCUT2D eigenvalue weighted by atomic mass is 10.0.